The Kier molecular flexibility index (Phi) is 3.46. The van der Waals surface area contributed by atoms with Gasteiger partial charge in [0.15, 0.2) is 0 Å². The van der Waals surface area contributed by atoms with Crippen molar-refractivity contribution >= 4 is 5.95 Å². The van der Waals surface area contributed by atoms with Gasteiger partial charge < -0.3 is 14.2 Å². The predicted octanol–water partition coefficient (Wildman–Crippen LogP) is 2.35. The third-order valence-electron chi connectivity index (χ3n) is 3.31. The van der Waals surface area contributed by atoms with Gasteiger partial charge >= 0.3 is 0 Å². The van der Waals surface area contributed by atoms with Gasteiger partial charge in [-0.2, -0.15) is 4.98 Å². The molecule has 5 nitrogen and oxygen atoms in total. The fraction of sp³-hybridized carbons (Fsp3) is 0.429. The van der Waals surface area contributed by atoms with Crippen LogP contribution in [0.3, 0.4) is 0 Å². The van der Waals surface area contributed by atoms with E-state index in [4.69, 9.17) is 9.26 Å². The number of ether oxygens (including phenoxy) is 1. The standard InChI is InChI=1S/C14H17N3O2/c1-2-12-10-17(8-9-18-12)14-15-13(19-16-14)11-6-4-3-5-7-11/h3-7,12H,2,8-10H2,1H3. The number of rotatable bonds is 3. The highest BCUT2D eigenvalue weighted by molar-refractivity contribution is 5.54. The summed E-state index contributed by atoms with van der Waals surface area (Å²) < 4.78 is 11.0. The Morgan fingerprint density at radius 2 is 2.16 bits per heavy atom. The molecule has 0 radical (unpaired) electrons. The van der Waals surface area contributed by atoms with E-state index in [0.717, 1.165) is 25.1 Å². The Morgan fingerprint density at radius 1 is 1.32 bits per heavy atom. The first-order valence-corrected chi connectivity index (χ1v) is 6.62. The topological polar surface area (TPSA) is 51.4 Å². The van der Waals surface area contributed by atoms with Gasteiger partial charge in [-0.05, 0) is 23.7 Å². The second kappa shape index (κ2) is 5.40. The smallest absolute Gasteiger partial charge is 0.266 e. The van der Waals surface area contributed by atoms with E-state index in [0.29, 0.717) is 18.4 Å². The Labute approximate surface area is 112 Å². The summed E-state index contributed by atoms with van der Waals surface area (Å²) in [5, 5.41) is 4.07. The molecule has 1 aromatic heterocycles. The van der Waals surface area contributed by atoms with Crippen molar-refractivity contribution in [2.75, 3.05) is 24.6 Å². The fourth-order valence-electron chi connectivity index (χ4n) is 2.19. The van der Waals surface area contributed by atoms with E-state index in [9.17, 15) is 0 Å². The summed E-state index contributed by atoms with van der Waals surface area (Å²) in [5.74, 6) is 1.22. The molecule has 3 rings (SSSR count). The molecule has 1 saturated heterocycles. The van der Waals surface area contributed by atoms with Crippen LogP contribution in [0.4, 0.5) is 5.95 Å². The molecule has 0 N–H and O–H groups in total. The van der Waals surface area contributed by atoms with Gasteiger partial charge in [-0.25, -0.2) is 0 Å². The van der Waals surface area contributed by atoms with E-state index in [1.807, 2.05) is 30.3 Å². The molecule has 2 heterocycles. The van der Waals surface area contributed by atoms with Gasteiger partial charge in [-0.15, -0.1) is 0 Å². The first kappa shape index (κ1) is 12.2. The van der Waals surface area contributed by atoms with Gasteiger partial charge in [0.25, 0.3) is 11.8 Å². The van der Waals surface area contributed by atoms with Crippen LogP contribution in [0.25, 0.3) is 11.5 Å². The largest absolute Gasteiger partial charge is 0.375 e. The number of nitrogens with zero attached hydrogens (tertiary/aromatic N) is 3. The molecule has 0 aliphatic carbocycles. The molecule has 5 heteroatoms. The van der Waals surface area contributed by atoms with Gasteiger partial charge in [0.05, 0.1) is 12.7 Å². The van der Waals surface area contributed by atoms with Gasteiger partial charge in [0, 0.05) is 18.7 Å². The molecular formula is C14H17N3O2. The van der Waals surface area contributed by atoms with Crippen LogP contribution in [0.5, 0.6) is 0 Å². The molecule has 1 aliphatic heterocycles. The molecule has 0 bridgehead atoms. The summed E-state index contributed by atoms with van der Waals surface area (Å²) in [6.07, 6.45) is 1.26. The number of anilines is 1. The van der Waals surface area contributed by atoms with E-state index < -0.39 is 0 Å². The van der Waals surface area contributed by atoms with Crippen molar-refractivity contribution in [1.82, 2.24) is 10.1 Å². The zero-order valence-electron chi connectivity index (χ0n) is 11.0. The number of benzene rings is 1. The minimum atomic E-state index is 0.257. The third kappa shape index (κ3) is 2.61. The maximum atomic E-state index is 5.64. The summed E-state index contributed by atoms with van der Waals surface area (Å²) in [7, 11) is 0. The summed E-state index contributed by atoms with van der Waals surface area (Å²) in [5.41, 5.74) is 0.946. The highest BCUT2D eigenvalue weighted by Crippen LogP contribution is 2.21. The van der Waals surface area contributed by atoms with Crippen molar-refractivity contribution in [2.45, 2.75) is 19.4 Å². The Balaban J connectivity index is 1.78. The van der Waals surface area contributed by atoms with E-state index >= 15 is 0 Å². The van der Waals surface area contributed by atoms with Gasteiger partial charge in [-0.3, -0.25) is 0 Å². The van der Waals surface area contributed by atoms with Crippen molar-refractivity contribution in [3.63, 3.8) is 0 Å². The maximum Gasteiger partial charge on any atom is 0.266 e. The van der Waals surface area contributed by atoms with Crippen LogP contribution in [0, 0.1) is 0 Å². The van der Waals surface area contributed by atoms with Crippen molar-refractivity contribution in [2.24, 2.45) is 0 Å². The van der Waals surface area contributed by atoms with E-state index in [-0.39, 0.29) is 6.10 Å². The van der Waals surface area contributed by atoms with E-state index in [1.54, 1.807) is 0 Å². The summed E-state index contributed by atoms with van der Waals surface area (Å²) in [6.45, 7) is 4.47. The quantitative estimate of drug-likeness (QED) is 0.847. The van der Waals surface area contributed by atoms with Crippen LogP contribution in [0.15, 0.2) is 34.9 Å². The highest BCUT2D eigenvalue weighted by atomic mass is 16.5. The van der Waals surface area contributed by atoms with Crippen LogP contribution in [0.2, 0.25) is 0 Å². The highest BCUT2D eigenvalue weighted by Gasteiger charge is 2.23. The van der Waals surface area contributed by atoms with E-state index in [2.05, 4.69) is 22.0 Å². The zero-order valence-corrected chi connectivity index (χ0v) is 11.0. The predicted molar refractivity (Wildman–Crippen MR) is 72.0 cm³/mol. The first-order chi connectivity index (χ1) is 9.36. The second-order valence-electron chi connectivity index (χ2n) is 4.61. The van der Waals surface area contributed by atoms with Gasteiger partial charge in [0.2, 0.25) is 0 Å². The average molecular weight is 259 g/mol. The number of hydrogen-bond donors (Lipinski definition) is 0. The van der Waals surface area contributed by atoms with Crippen molar-refractivity contribution in [3.8, 4) is 11.5 Å². The molecule has 1 fully saturated rings. The molecule has 1 aliphatic rings. The minimum Gasteiger partial charge on any atom is -0.375 e. The Hall–Kier alpha value is -1.88. The lowest BCUT2D eigenvalue weighted by Gasteiger charge is -2.31. The fourth-order valence-corrected chi connectivity index (χ4v) is 2.19. The molecule has 0 saturated carbocycles. The molecule has 1 unspecified atom stereocenters. The van der Waals surface area contributed by atoms with Crippen molar-refractivity contribution < 1.29 is 9.26 Å². The number of morpholine rings is 1. The molecule has 19 heavy (non-hydrogen) atoms. The van der Waals surface area contributed by atoms with Crippen LogP contribution in [-0.4, -0.2) is 35.9 Å². The SMILES string of the molecule is CCC1CN(c2noc(-c3ccccc3)n2)CCO1. The normalized spacial score (nSPS) is 19.6. The molecule has 0 amide bonds. The maximum absolute atomic E-state index is 5.64. The number of aromatic nitrogens is 2. The first-order valence-electron chi connectivity index (χ1n) is 6.62. The van der Waals surface area contributed by atoms with Crippen molar-refractivity contribution in [3.05, 3.63) is 30.3 Å². The lowest BCUT2D eigenvalue weighted by Crippen LogP contribution is -2.42. The molecule has 2 aromatic rings. The van der Waals surface area contributed by atoms with Crippen LogP contribution in [0.1, 0.15) is 13.3 Å². The zero-order chi connectivity index (χ0) is 13.1. The lowest BCUT2D eigenvalue weighted by molar-refractivity contribution is 0.0377. The third-order valence-corrected chi connectivity index (χ3v) is 3.31. The summed E-state index contributed by atoms with van der Waals surface area (Å²) >= 11 is 0. The summed E-state index contributed by atoms with van der Waals surface area (Å²) in [6, 6.07) is 9.81. The van der Waals surface area contributed by atoms with Crippen LogP contribution < -0.4 is 4.90 Å². The van der Waals surface area contributed by atoms with Crippen LogP contribution >= 0.6 is 0 Å². The van der Waals surface area contributed by atoms with Crippen LogP contribution in [-0.2, 0) is 4.74 Å². The monoisotopic (exact) mass is 259 g/mol. The van der Waals surface area contributed by atoms with Gasteiger partial charge in [-0.1, -0.05) is 25.1 Å². The molecular weight excluding hydrogens is 242 g/mol. The Bertz CT molecular complexity index is 526. The minimum absolute atomic E-state index is 0.257. The Morgan fingerprint density at radius 3 is 2.95 bits per heavy atom. The molecule has 1 atom stereocenters. The number of hydrogen-bond acceptors (Lipinski definition) is 5. The molecule has 0 spiro atoms. The van der Waals surface area contributed by atoms with Crippen molar-refractivity contribution in [1.29, 1.82) is 0 Å². The second-order valence-corrected chi connectivity index (χ2v) is 4.61. The molecule has 1 aromatic carbocycles. The average Bonchev–Trinajstić information content (AvgIpc) is 2.98. The summed E-state index contributed by atoms with van der Waals surface area (Å²) in [4.78, 5) is 6.58. The van der Waals surface area contributed by atoms with E-state index in [1.165, 1.54) is 0 Å². The molecule has 100 valence electrons. The van der Waals surface area contributed by atoms with Gasteiger partial charge in [0.1, 0.15) is 0 Å². The lowest BCUT2D eigenvalue weighted by atomic mass is 10.2.